The van der Waals surface area contributed by atoms with Gasteiger partial charge in [0, 0.05) is 37.2 Å². The fourth-order valence-corrected chi connectivity index (χ4v) is 17.3. The number of carbonyl (C=O) groups excluding carboxylic acids is 4. The smallest absolute Gasteiger partial charge is 0.472 e. The number of ether oxygens (including phenoxy) is 4. The Bertz CT molecular complexity index is 2230. The maximum Gasteiger partial charge on any atom is 0.472 e. The van der Waals surface area contributed by atoms with Crippen molar-refractivity contribution >= 4 is 72.9 Å². The summed E-state index contributed by atoms with van der Waals surface area (Å²) in [5.74, 6) is -2.85. The topological polar surface area (TPSA) is 328 Å². The predicted octanol–water partition coefficient (Wildman–Crippen LogP) is 23.6. The second-order valence-corrected chi connectivity index (χ2v) is 38.0. The Labute approximate surface area is 714 Å². The number of phosphoric acid groups is 2. The first kappa shape index (κ1) is 114. The summed E-state index contributed by atoms with van der Waals surface area (Å²) < 4.78 is 69.2. The fraction of sp³-hybridized carbons (Fsp3) is 0.933. The lowest BCUT2D eigenvalue weighted by atomic mass is 10.0. The van der Waals surface area contributed by atoms with Gasteiger partial charge >= 0.3 is 39.5 Å². The lowest BCUT2D eigenvalue weighted by Gasteiger charge is -2.21. The molecule has 0 aromatic carbocycles. The minimum atomic E-state index is -4.88. The van der Waals surface area contributed by atoms with Crippen LogP contribution in [0.4, 0.5) is 0 Å². The lowest BCUT2D eigenvalue weighted by Crippen LogP contribution is -2.30. The van der Waals surface area contributed by atoms with Crippen LogP contribution >= 0.6 is 37.2 Å². The second kappa shape index (κ2) is 86.2. The summed E-state index contributed by atoms with van der Waals surface area (Å²) in [6.07, 6.45) is 69.1. The van der Waals surface area contributed by atoms with Crippen LogP contribution in [0.2, 0.25) is 0 Å². The first-order valence-electron chi connectivity index (χ1n) is 47.3. The van der Waals surface area contributed by atoms with E-state index in [1.807, 2.05) is 0 Å². The molecule has 0 aliphatic rings. The van der Waals surface area contributed by atoms with E-state index in [-0.39, 0.29) is 50.0 Å². The van der Waals surface area contributed by atoms with Gasteiger partial charge in [-0.05, 0) is 50.3 Å². The summed E-state index contributed by atoms with van der Waals surface area (Å²) in [6.45, 7) is 4.17. The first-order chi connectivity index (χ1) is 56.4. The van der Waals surface area contributed by atoms with E-state index in [9.17, 15) is 58.5 Å². The fourth-order valence-electron chi connectivity index (χ4n) is 13.8. The average molecular weight is 1730 g/mol. The molecule has 686 valence electrons. The second-order valence-electron chi connectivity index (χ2n) is 32.4. The van der Waals surface area contributed by atoms with Crippen molar-refractivity contribution in [2.24, 2.45) is 9.98 Å². The average Bonchev–Trinajstić information content (AvgIpc) is 0.902. The summed E-state index contributed by atoms with van der Waals surface area (Å²) in [4.78, 5) is 81.0. The molecule has 0 spiro atoms. The molecule has 0 aliphatic heterocycles. The highest BCUT2D eigenvalue weighted by Crippen LogP contribution is 2.45. The zero-order valence-electron chi connectivity index (χ0n) is 74.0. The number of esters is 4. The molecule has 0 heterocycles. The largest absolute Gasteiger partial charge is 0.862 e. The molecule has 0 aromatic rings. The minimum Gasteiger partial charge on any atom is -0.862 e. The summed E-state index contributed by atoms with van der Waals surface area (Å²) >= 11 is 0. The quantitative estimate of drug-likeness (QED) is 0.00836. The monoisotopic (exact) mass is 1730 g/mol. The van der Waals surface area contributed by atoms with E-state index in [1.165, 1.54) is 291 Å². The van der Waals surface area contributed by atoms with Crippen LogP contribution in [0, 0.1) is 0 Å². The van der Waals surface area contributed by atoms with Crippen molar-refractivity contribution in [3.8, 4) is 0 Å². The van der Waals surface area contributed by atoms with Crippen molar-refractivity contribution < 1.29 is 95.6 Å². The zero-order chi connectivity index (χ0) is 85.0. The number of phosphoric ester groups is 2. The Balaban J connectivity index is 5.23. The van der Waals surface area contributed by atoms with Gasteiger partial charge in [-0.2, -0.15) is 0 Å². The van der Waals surface area contributed by atoms with E-state index in [0.29, 0.717) is 25.7 Å². The normalized spacial score (nSPS) is 14.1. The van der Waals surface area contributed by atoms with Crippen molar-refractivity contribution in [3.63, 3.8) is 0 Å². The van der Waals surface area contributed by atoms with Crippen molar-refractivity contribution in [3.05, 3.63) is 0 Å². The van der Waals surface area contributed by atoms with Gasteiger partial charge in [0.2, 0.25) is 0 Å². The molecule has 6 atom stereocenters. The van der Waals surface area contributed by atoms with Gasteiger partial charge < -0.3 is 49.2 Å². The third-order valence-electron chi connectivity index (χ3n) is 21.1. The molecular formula is C90H172N2O20P2S2-2. The Morgan fingerprint density at radius 3 is 0.681 bits per heavy atom. The van der Waals surface area contributed by atoms with E-state index in [0.717, 1.165) is 89.9 Å². The van der Waals surface area contributed by atoms with Crippen LogP contribution < -0.4 is 10.2 Å². The van der Waals surface area contributed by atoms with Gasteiger partial charge in [-0.15, -0.1) is 0 Å². The van der Waals surface area contributed by atoms with Crippen LogP contribution in [0.15, 0.2) is 9.98 Å². The van der Waals surface area contributed by atoms with E-state index in [2.05, 4.69) is 37.7 Å². The Hall–Kier alpha value is -2.34. The molecule has 0 radical (unpaired) electrons. The number of unbranched alkanes of at least 4 members (excludes halogenated alkanes) is 56. The highest BCUT2D eigenvalue weighted by atomic mass is 33.1. The number of rotatable bonds is 93. The summed E-state index contributed by atoms with van der Waals surface area (Å²) in [5.41, 5.74) is 0. The molecule has 26 heteroatoms. The maximum absolute atomic E-state index is 13.1. The third kappa shape index (κ3) is 82.6. The van der Waals surface area contributed by atoms with Crippen LogP contribution in [0.5, 0.6) is 0 Å². The van der Waals surface area contributed by atoms with Crippen LogP contribution in [0.3, 0.4) is 0 Å². The van der Waals surface area contributed by atoms with Crippen LogP contribution in [0.25, 0.3) is 0 Å². The van der Waals surface area contributed by atoms with E-state index in [4.69, 9.17) is 37.0 Å². The number of hydrogen-bond donors (Lipinski definition) is 4. The van der Waals surface area contributed by atoms with Crippen molar-refractivity contribution in [2.75, 3.05) is 64.4 Å². The van der Waals surface area contributed by atoms with E-state index in [1.54, 1.807) is 0 Å². The maximum atomic E-state index is 13.1. The van der Waals surface area contributed by atoms with Crippen LogP contribution in [-0.4, -0.2) is 144 Å². The molecular weight excluding hydrogens is 1560 g/mol. The predicted molar refractivity (Wildman–Crippen MR) is 474 cm³/mol. The number of aliphatic imine (C=N–C) groups is 2. The third-order valence-corrected chi connectivity index (χ3v) is 25.4. The van der Waals surface area contributed by atoms with Crippen molar-refractivity contribution in [1.29, 1.82) is 0 Å². The molecule has 116 heavy (non-hydrogen) atoms. The Kier molecular flexibility index (Phi) is 84.5. The molecule has 2 unspecified atom stereocenters. The molecule has 4 N–H and O–H groups in total. The van der Waals surface area contributed by atoms with Gasteiger partial charge in [-0.3, -0.25) is 47.3 Å². The van der Waals surface area contributed by atoms with Crippen LogP contribution in [-0.2, 0) is 65.4 Å². The van der Waals surface area contributed by atoms with Crippen LogP contribution in [0.1, 0.15) is 451 Å². The van der Waals surface area contributed by atoms with Gasteiger partial charge in [-0.25, -0.2) is 9.13 Å². The van der Waals surface area contributed by atoms with Gasteiger partial charge in [0.1, 0.15) is 13.2 Å². The van der Waals surface area contributed by atoms with Gasteiger partial charge in [0.25, 0.3) is 0 Å². The van der Waals surface area contributed by atoms with E-state index < -0.39 is 128 Å². The number of hydrogen-bond acceptors (Lipinski definition) is 22. The standard InChI is InChI=1S/C90H174N2O20P2S2/c1-5-9-13-17-21-25-29-33-37-41-45-49-53-57-61-65-87(97)105-77-83(111-89(99)67-63-59-55-51-47-43-39-35-31-27-23-19-15-11-7-3)79-109-113(101,102)107-75-81(73-93)91-85(95)69-71-115-116-72-70-86(96)92-82(74-94)76-108-114(103,104)110-80-84(112-90(100)68-64-60-56-52-48-44-40-36-32-28-24-20-16-12-8-4)78-106-88(98)66-62-58-54-50-46-42-38-34-30-26-22-18-14-10-6-2/h81-84,93-94H,5-80H2,1-4H3,(H,91,95)(H,92,96)(H,101,102)(H,103,104)/p-2/t81-,82-,83+,84+/m0/s1. The molecule has 0 amide bonds. The molecule has 0 bridgehead atoms. The molecule has 0 fully saturated rings. The SMILES string of the molecule is CCCCCCCCCCCCCCCCCC(=O)OC[C@H](COP(=O)(O)OC[C@H](CO)N=C([O-])CCSSCCC([O-])=N[C@@H](CO)COP(=O)(O)OC[C@@H](COC(=O)CCCCCCCCCCCCCCCCC)OC(=O)CCCCCCCCCCCCCCCCC)OC(=O)CCCCCCCCCCCCCCCCC. The highest BCUT2D eigenvalue weighted by molar-refractivity contribution is 8.76. The number of aliphatic hydroxyl groups is 2. The number of aliphatic hydroxyl groups excluding tert-OH is 2. The summed E-state index contributed by atoms with van der Waals surface area (Å²) in [6, 6.07) is -2.45. The Morgan fingerprint density at radius 2 is 0.474 bits per heavy atom. The first-order valence-corrected chi connectivity index (χ1v) is 52.8. The summed E-state index contributed by atoms with van der Waals surface area (Å²) in [7, 11) is -7.26. The number of nitrogens with zero attached hydrogens (tertiary/aromatic N) is 2. The molecule has 22 nitrogen and oxygen atoms in total. The van der Waals surface area contributed by atoms with Gasteiger partial charge in [0.05, 0.1) is 51.7 Å². The van der Waals surface area contributed by atoms with Gasteiger partial charge in [-0.1, -0.05) is 409 Å². The van der Waals surface area contributed by atoms with Crippen molar-refractivity contribution in [1.82, 2.24) is 0 Å². The lowest BCUT2D eigenvalue weighted by molar-refractivity contribution is -0.219. The van der Waals surface area contributed by atoms with E-state index >= 15 is 0 Å². The van der Waals surface area contributed by atoms with Gasteiger partial charge in [0.15, 0.2) is 12.2 Å². The molecule has 0 saturated carbocycles. The molecule has 0 aromatic heterocycles. The number of carbonyl (C=O) groups is 4. The zero-order valence-corrected chi connectivity index (χ0v) is 77.4. The molecule has 0 saturated heterocycles. The highest BCUT2D eigenvalue weighted by Gasteiger charge is 2.30. The minimum absolute atomic E-state index is 0.0922. The Morgan fingerprint density at radius 1 is 0.284 bits per heavy atom. The van der Waals surface area contributed by atoms with Crippen molar-refractivity contribution in [2.45, 2.75) is 476 Å². The summed E-state index contributed by atoms with van der Waals surface area (Å²) in [5, 5.41) is 45.7. The molecule has 0 rings (SSSR count). The molecule has 0 aliphatic carbocycles.